The van der Waals surface area contributed by atoms with Crippen LogP contribution in [0.1, 0.15) is 17.5 Å². The molecule has 0 amide bonds. The van der Waals surface area contributed by atoms with Gasteiger partial charge in [0.1, 0.15) is 0 Å². The van der Waals surface area contributed by atoms with Crippen LogP contribution in [-0.4, -0.2) is 11.0 Å². The molecule has 4 heteroatoms. The highest BCUT2D eigenvalue weighted by Gasteiger charge is 2.37. The van der Waals surface area contributed by atoms with Crippen LogP contribution in [-0.2, 0) is 21.6 Å². The molecule has 0 aliphatic carbocycles. The number of benzene rings is 1. The Morgan fingerprint density at radius 3 is 2.67 bits per heavy atom. The normalized spacial score (nSPS) is 20.5. The number of hydrogen-bond acceptors (Lipinski definition) is 3. The number of halogens is 1. The zero-order valence-electron chi connectivity index (χ0n) is 11.3. The van der Waals surface area contributed by atoms with Gasteiger partial charge in [-0.15, -0.1) is 0 Å². The highest BCUT2D eigenvalue weighted by atomic mass is 79.9. The average molecular weight is 344 g/mol. The number of carbonyl (C=O) groups excluding carboxylic acids is 1. The summed E-state index contributed by atoms with van der Waals surface area (Å²) in [5.74, 6) is -0.287. The van der Waals surface area contributed by atoms with Crippen molar-refractivity contribution in [3.8, 4) is 0 Å². The molecule has 0 spiro atoms. The number of cyclic esters (lactones) is 1. The summed E-state index contributed by atoms with van der Waals surface area (Å²) >= 11 is 3.47. The molecule has 1 aliphatic rings. The van der Waals surface area contributed by atoms with Gasteiger partial charge in [-0.1, -0.05) is 28.1 Å². The molecule has 0 saturated heterocycles. The average Bonchev–Trinajstić information content (AvgIpc) is 2.89. The molecule has 1 aromatic carbocycles. The van der Waals surface area contributed by atoms with E-state index in [0.29, 0.717) is 6.42 Å². The Morgan fingerprint density at radius 2 is 2.00 bits per heavy atom. The number of aromatic nitrogens is 1. The van der Waals surface area contributed by atoms with Gasteiger partial charge in [-0.05, 0) is 48.7 Å². The Hall–Kier alpha value is -1.94. The van der Waals surface area contributed by atoms with Crippen LogP contribution < -0.4 is 0 Å². The minimum absolute atomic E-state index is 0.287. The van der Waals surface area contributed by atoms with Gasteiger partial charge in [0.05, 0.1) is 0 Å². The standard InChI is InChI=1S/C17H14BrNO2/c18-15-3-1-2-14(12-15)17(9-5-16(20)21-17)8-4-13-6-10-19-11-7-13/h1-3,5-7,9-12H,4,8H2. The van der Waals surface area contributed by atoms with Crippen LogP contribution in [0.4, 0.5) is 0 Å². The third-order valence-electron chi connectivity index (χ3n) is 3.62. The predicted molar refractivity (Wildman–Crippen MR) is 83.6 cm³/mol. The van der Waals surface area contributed by atoms with E-state index in [2.05, 4.69) is 20.9 Å². The first-order valence-corrected chi connectivity index (χ1v) is 7.54. The van der Waals surface area contributed by atoms with Gasteiger partial charge < -0.3 is 4.74 Å². The van der Waals surface area contributed by atoms with Crippen molar-refractivity contribution in [3.05, 3.63) is 76.5 Å². The third-order valence-corrected chi connectivity index (χ3v) is 4.11. The molecule has 3 nitrogen and oxygen atoms in total. The van der Waals surface area contributed by atoms with Crippen LogP contribution in [0.5, 0.6) is 0 Å². The van der Waals surface area contributed by atoms with Gasteiger partial charge in [0.15, 0.2) is 5.60 Å². The number of aryl methyl sites for hydroxylation is 1. The minimum Gasteiger partial charge on any atom is -0.447 e. The fraction of sp³-hybridized carbons (Fsp3) is 0.176. The highest BCUT2D eigenvalue weighted by Crippen LogP contribution is 2.37. The van der Waals surface area contributed by atoms with Crippen molar-refractivity contribution in [2.24, 2.45) is 0 Å². The Bertz CT molecular complexity index is 684. The lowest BCUT2D eigenvalue weighted by atomic mass is 9.88. The second-order valence-electron chi connectivity index (χ2n) is 5.01. The SMILES string of the molecule is O=C1C=CC(CCc2ccncc2)(c2cccc(Br)c2)O1. The van der Waals surface area contributed by atoms with E-state index in [1.54, 1.807) is 12.4 Å². The van der Waals surface area contributed by atoms with Gasteiger partial charge in [0, 0.05) is 28.5 Å². The van der Waals surface area contributed by atoms with E-state index in [4.69, 9.17) is 4.74 Å². The van der Waals surface area contributed by atoms with E-state index in [9.17, 15) is 4.79 Å². The molecule has 2 aromatic rings. The Labute approximate surface area is 131 Å². The molecule has 0 fully saturated rings. The lowest BCUT2D eigenvalue weighted by Crippen LogP contribution is -2.26. The van der Waals surface area contributed by atoms with E-state index in [-0.39, 0.29) is 5.97 Å². The number of pyridine rings is 1. The molecule has 106 valence electrons. The van der Waals surface area contributed by atoms with E-state index < -0.39 is 5.60 Å². The number of esters is 1. The Kier molecular flexibility index (Phi) is 3.88. The van der Waals surface area contributed by atoms with Gasteiger partial charge in [-0.2, -0.15) is 0 Å². The molecule has 2 heterocycles. The van der Waals surface area contributed by atoms with Crippen molar-refractivity contribution in [2.45, 2.75) is 18.4 Å². The van der Waals surface area contributed by atoms with Gasteiger partial charge in [-0.25, -0.2) is 4.79 Å². The molecular formula is C17H14BrNO2. The zero-order chi connectivity index (χ0) is 14.7. The van der Waals surface area contributed by atoms with E-state index in [1.807, 2.05) is 42.5 Å². The lowest BCUT2D eigenvalue weighted by molar-refractivity contribution is -0.146. The molecule has 1 aromatic heterocycles. The fourth-order valence-corrected chi connectivity index (χ4v) is 2.91. The Balaban J connectivity index is 1.88. The molecular weight excluding hydrogens is 330 g/mol. The molecule has 21 heavy (non-hydrogen) atoms. The topological polar surface area (TPSA) is 39.2 Å². The van der Waals surface area contributed by atoms with Crippen molar-refractivity contribution in [1.29, 1.82) is 0 Å². The Morgan fingerprint density at radius 1 is 1.19 bits per heavy atom. The van der Waals surface area contributed by atoms with Crippen LogP contribution in [0.2, 0.25) is 0 Å². The summed E-state index contributed by atoms with van der Waals surface area (Å²) < 4.78 is 6.60. The van der Waals surface area contributed by atoms with Gasteiger partial charge >= 0.3 is 5.97 Å². The molecule has 0 saturated carbocycles. The molecule has 0 radical (unpaired) electrons. The largest absolute Gasteiger partial charge is 0.447 e. The van der Waals surface area contributed by atoms with E-state index in [0.717, 1.165) is 16.5 Å². The summed E-state index contributed by atoms with van der Waals surface area (Å²) in [7, 11) is 0. The zero-order valence-corrected chi connectivity index (χ0v) is 12.9. The molecule has 1 atom stereocenters. The van der Waals surface area contributed by atoms with Crippen molar-refractivity contribution < 1.29 is 9.53 Å². The number of rotatable bonds is 4. The molecule has 3 rings (SSSR count). The smallest absolute Gasteiger partial charge is 0.331 e. The number of ether oxygens (including phenoxy) is 1. The maximum atomic E-state index is 11.6. The number of hydrogen-bond donors (Lipinski definition) is 0. The summed E-state index contributed by atoms with van der Waals surface area (Å²) in [6.45, 7) is 0. The quantitative estimate of drug-likeness (QED) is 0.793. The third kappa shape index (κ3) is 3.05. The van der Waals surface area contributed by atoms with Gasteiger partial charge in [0.2, 0.25) is 0 Å². The number of carbonyl (C=O) groups is 1. The molecule has 0 bridgehead atoms. The monoisotopic (exact) mass is 343 g/mol. The predicted octanol–water partition coefficient (Wildman–Crippen LogP) is 3.79. The van der Waals surface area contributed by atoms with Gasteiger partial charge in [0.25, 0.3) is 0 Å². The maximum absolute atomic E-state index is 11.6. The number of nitrogens with zero attached hydrogens (tertiary/aromatic N) is 1. The van der Waals surface area contributed by atoms with Crippen molar-refractivity contribution >= 4 is 21.9 Å². The minimum atomic E-state index is -0.676. The van der Waals surface area contributed by atoms with Gasteiger partial charge in [-0.3, -0.25) is 4.98 Å². The molecule has 1 unspecified atom stereocenters. The van der Waals surface area contributed by atoms with Crippen LogP contribution >= 0.6 is 15.9 Å². The molecule has 1 aliphatic heterocycles. The maximum Gasteiger partial charge on any atom is 0.331 e. The van der Waals surface area contributed by atoms with Crippen molar-refractivity contribution in [1.82, 2.24) is 4.98 Å². The molecule has 0 N–H and O–H groups in total. The lowest BCUT2D eigenvalue weighted by Gasteiger charge is -2.27. The van der Waals surface area contributed by atoms with E-state index in [1.165, 1.54) is 11.6 Å². The van der Waals surface area contributed by atoms with Crippen molar-refractivity contribution in [2.75, 3.05) is 0 Å². The first-order chi connectivity index (χ1) is 10.2. The van der Waals surface area contributed by atoms with Crippen LogP contribution in [0, 0.1) is 0 Å². The summed E-state index contributed by atoms with van der Waals surface area (Å²) in [5.41, 5.74) is 1.48. The van der Waals surface area contributed by atoms with Crippen LogP contribution in [0.15, 0.2) is 65.4 Å². The first-order valence-electron chi connectivity index (χ1n) is 6.75. The fourth-order valence-electron chi connectivity index (χ4n) is 2.52. The summed E-state index contributed by atoms with van der Waals surface area (Å²) in [6, 6.07) is 11.9. The van der Waals surface area contributed by atoms with Crippen LogP contribution in [0.25, 0.3) is 0 Å². The first kappa shape index (κ1) is 14.0. The summed E-state index contributed by atoms with van der Waals surface area (Å²) in [5, 5.41) is 0. The second kappa shape index (κ2) is 5.82. The van der Waals surface area contributed by atoms with Crippen LogP contribution in [0.3, 0.4) is 0 Å². The van der Waals surface area contributed by atoms with Crippen molar-refractivity contribution in [3.63, 3.8) is 0 Å². The summed E-state index contributed by atoms with van der Waals surface area (Å²) in [4.78, 5) is 15.6. The van der Waals surface area contributed by atoms with E-state index >= 15 is 0 Å². The second-order valence-corrected chi connectivity index (χ2v) is 5.93. The summed E-state index contributed by atoms with van der Waals surface area (Å²) in [6.07, 6.45) is 8.43. The highest BCUT2D eigenvalue weighted by molar-refractivity contribution is 9.10.